The second-order valence-electron chi connectivity index (χ2n) is 5.07. The van der Waals surface area contributed by atoms with Crippen LogP contribution in [0.3, 0.4) is 0 Å². The average molecular weight is 270 g/mol. The Hall–Kier alpha value is -1.87. The molecule has 1 heterocycles. The van der Waals surface area contributed by atoms with E-state index in [2.05, 4.69) is 43.2 Å². The number of rotatable bonds is 6. The topological polar surface area (TPSA) is 34.1 Å². The first-order chi connectivity index (χ1) is 9.69. The minimum Gasteiger partial charge on any atom is -0.439 e. The Morgan fingerprint density at radius 2 is 1.85 bits per heavy atom. The van der Waals surface area contributed by atoms with Crippen molar-refractivity contribution in [1.82, 2.24) is 10.3 Å². The van der Waals surface area contributed by atoms with Gasteiger partial charge in [-0.3, -0.25) is 0 Å². The Bertz CT molecular complexity index is 535. The van der Waals surface area contributed by atoms with Crippen LogP contribution in [0.5, 0.6) is 11.6 Å². The number of benzene rings is 1. The summed E-state index contributed by atoms with van der Waals surface area (Å²) in [5.41, 5.74) is 2.30. The van der Waals surface area contributed by atoms with Crippen LogP contribution in [0.4, 0.5) is 0 Å². The highest BCUT2D eigenvalue weighted by Crippen LogP contribution is 2.22. The summed E-state index contributed by atoms with van der Waals surface area (Å²) in [6, 6.07) is 14.0. The maximum absolute atomic E-state index is 5.79. The average Bonchev–Trinajstić information content (AvgIpc) is 2.46. The number of nitrogens with zero attached hydrogens (tertiary/aromatic N) is 1. The van der Waals surface area contributed by atoms with Gasteiger partial charge in [-0.2, -0.15) is 0 Å². The van der Waals surface area contributed by atoms with E-state index in [1.165, 1.54) is 5.56 Å². The third kappa shape index (κ3) is 4.07. The van der Waals surface area contributed by atoms with Crippen LogP contribution < -0.4 is 10.1 Å². The Kier molecular flexibility index (Phi) is 5.13. The zero-order valence-corrected chi connectivity index (χ0v) is 12.4. The molecular formula is C17H22N2O. The van der Waals surface area contributed by atoms with Crippen molar-refractivity contribution in [3.8, 4) is 11.6 Å². The van der Waals surface area contributed by atoms with Crippen LogP contribution >= 0.6 is 0 Å². The molecule has 0 aliphatic rings. The Morgan fingerprint density at radius 1 is 1.10 bits per heavy atom. The fraction of sp³-hybridized carbons (Fsp3) is 0.353. The number of nitrogens with one attached hydrogen (secondary N) is 1. The zero-order valence-electron chi connectivity index (χ0n) is 12.4. The monoisotopic (exact) mass is 270 g/mol. The fourth-order valence-electron chi connectivity index (χ4n) is 1.91. The summed E-state index contributed by atoms with van der Waals surface area (Å²) in [6.07, 6.45) is 0. The molecule has 2 rings (SSSR count). The molecule has 0 saturated heterocycles. The first-order valence-corrected chi connectivity index (χ1v) is 7.13. The predicted octanol–water partition coefficient (Wildman–Crippen LogP) is 4.11. The van der Waals surface area contributed by atoms with Crippen molar-refractivity contribution in [3.05, 3.63) is 53.7 Å². The van der Waals surface area contributed by atoms with Crippen LogP contribution in [0, 0.1) is 0 Å². The summed E-state index contributed by atoms with van der Waals surface area (Å²) in [4.78, 5) is 4.48. The molecule has 1 aromatic heterocycles. The van der Waals surface area contributed by atoms with Crippen molar-refractivity contribution in [3.63, 3.8) is 0 Å². The van der Waals surface area contributed by atoms with E-state index in [0.717, 1.165) is 24.5 Å². The van der Waals surface area contributed by atoms with E-state index in [1.807, 2.05) is 30.3 Å². The largest absolute Gasteiger partial charge is 0.439 e. The van der Waals surface area contributed by atoms with Crippen LogP contribution in [-0.4, -0.2) is 11.5 Å². The molecule has 0 radical (unpaired) electrons. The highest BCUT2D eigenvalue weighted by molar-refractivity contribution is 5.32. The third-order valence-electron chi connectivity index (χ3n) is 3.11. The molecule has 0 bridgehead atoms. The molecule has 0 saturated carbocycles. The van der Waals surface area contributed by atoms with E-state index >= 15 is 0 Å². The van der Waals surface area contributed by atoms with Gasteiger partial charge in [0, 0.05) is 12.6 Å². The first-order valence-electron chi connectivity index (χ1n) is 7.13. The minimum absolute atomic E-state index is 0.533. The van der Waals surface area contributed by atoms with E-state index in [-0.39, 0.29) is 0 Å². The summed E-state index contributed by atoms with van der Waals surface area (Å²) < 4.78 is 5.79. The number of aromatic nitrogens is 1. The molecule has 0 spiro atoms. The molecule has 1 N–H and O–H groups in total. The van der Waals surface area contributed by atoms with Crippen molar-refractivity contribution in [2.75, 3.05) is 6.54 Å². The van der Waals surface area contributed by atoms with Crippen LogP contribution in [-0.2, 0) is 6.54 Å². The van der Waals surface area contributed by atoms with Crippen LogP contribution in [0.15, 0.2) is 42.5 Å². The number of ether oxygens (including phenoxy) is 1. The first kappa shape index (κ1) is 14.5. The van der Waals surface area contributed by atoms with Crippen LogP contribution in [0.25, 0.3) is 0 Å². The van der Waals surface area contributed by atoms with Crippen molar-refractivity contribution in [2.45, 2.75) is 33.2 Å². The standard InChI is InChI=1S/C17H22N2O/c1-4-18-12-15-6-5-7-17(19-15)20-16-10-8-14(9-11-16)13(2)3/h5-11,13,18H,4,12H2,1-3H3. The quantitative estimate of drug-likeness (QED) is 0.857. The second kappa shape index (κ2) is 7.06. The van der Waals surface area contributed by atoms with E-state index in [0.29, 0.717) is 11.8 Å². The summed E-state index contributed by atoms with van der Waals surface area (Å²) in [5, 5.41) is 3.26. The molecule has 1 aromatic carbocycles. The van der Waals surface area contributed by atoms with Gasteiger partial charge in [0.25, 0.3) is 0 Å². The van der Waals surface area contributed by atoms with Gasteiger partial charge in [-0.1, -0.05) is 39.0 Å². The van der Waals surface area contributed by atoms with Crippen LogP contribution in [0.2, 0.25) is 0 Å². The minimum atomic E-state index is 0.533. The number of hydrogen-bond donors (Lipinski definition) is 1. The SMILES string of the molecule is CCNCc1cccc(Oc2ccc(C(C)C)cc2)n1. The van der Waals surface area contributed by atoms with Crippen molar-refractivity contribution in [2.24, 2.45) is 0 Å². The number of pyridine rings is 1. The third-order valence-corrected chi connectivity index (χ3v) is 3.11. The summed E-state index contributed by atoms with van der Waals surface area (Å²) in [5.74, 6) is 1.99. The zero-order chi connectivity index (χ0) is 14.4. The van der Waals surface area contributed by atoms with Gasteiger partial charge in [-0.05, 0) is 36.2 Å². The smallest absolute Gasteiger partial charge is 0.219 e. The Morgan fingerprint density at radius 3 is 2.50 bits per heavy atom. The van der Waals surface area contributed by atoms with Gasteiger partial charge in [-0.25, -0.2) is 4.98 Å². The van der Waals surface area contributed by atoms with E-state index < -0.39 is 0 Å². The highest BCUT2D eigenvalue weighted by atomic mass is 16.5. The van der Waals surface area contributed by atoms with E-state index in [1.54, 1.807) is 0 Å². The highest BCUT2D eigenvalue weighted by Gasteiger charge is 2.02. The summed E-state index contributed by atoms with van der Waals surface area (Å²) >= 11 is 0. The van der Waals surface area contributed by atoms with Gasteiger partial charge in [0.05, 0.1) is 5.69 Å². The molecule has 20 heavy (non-hydrogen) atoms. The molecule has 2 aromatic rings. The van der Waals surface area contributed by atoms with Crippen molar-refractivity contribution < 1.29 is 4.74 Å². The summed E-state index contributed by atoms with van der Waals surface area (Å²) in [6.45, 7) is 8.14. The molecule has 106 valence electrons. The normalized spacial score (nSPS) is 10.8. The van der Waals surface area contributed by atoms with E-state index in [4.69, 9.17) is 4.74 Å². The van der Waals surface area contributed by atoms with Gasteiger partial charge in [-0.15, -0.1) is 0 Å². The molecule has 0 aliphatic heterocycles. The maximum Gasteiger partial charge on any atom is 0.219 e. The predicted molar refractivity (Wildman–Crippen MR) is 82.2 cm³/mol. The second-order valence-corrected chi connectivity index (χ2v) is 5.07. The fourth-order valence-corrected chi connectivity index (χ4v) is 1.91. The molecule has 3 nitrogen and oxygen atoms in total. The lowest BCUT2D eigenvalue weighted by atomic mass is 10.0. The molecule has 0 unspecified atom stereocenters. The molecular weight excluding hydrogens is 248 g/mol. The lowest BCUT2D eigenvalue weighted by molar-refractivity contribution is 0.459. The lowest BCUT2D eigenvalue weighted by Gasteiger charge is -2.09. The maximum atomic E-state index is 5.79. The van der Waals surface area contributed by atoms with Gasteiger partial charge in [0.15, 0.2) is 0 Å². The number of hydrogen-bond acceptors (Lipinski definition) is 3. The summed E-state index contributed by atoms with van der Waals surface area (Å²) in [7, 11) is 0. The van der Waals surface area contributed by atoms with E-state index in [9.17, 15) is 0 Å². The molecule has 0 fully saturated rings. The van der Waals surface area contributed by atoms with Gasteiger partial charge in [0.1, 0.15) is 5.75 Å². The van der Waals surface area contributed by atoms with Gasteiger partial charge < -0.3 is 10.1 Å². The Labute approximate surface area is 121 Å². The van der Waals surface area contributed by atoms with Gasteiger partial charge >= 0.3 is 0 Å². The Balaban J connectivity index is 2.05. The van der Waals surface area contributed by atoms with Crippen molar-refractivity contribution in [1.29, 1.82) is 0 Å². The lowest BCUT2D eigenvalue weighted by Crippen LogP contribution is -2.12. The van der Waals surface area contributed by atoms with Crippen LogP contribution in [0.1, 0.15) is 37.9 Å². The van der Waals surface area contributed by atoms with Crippen molar-refractivity contribution >= 4 is 0 Å². The molecule has 0 atom stereocenters. The molecule has 3 heteroatoms. The van der Waals surface area contributed by atoms with Gasteiger partial charge in [0.2, 0.25) is 5.88 Å². The molecule has 0 aliphatic carbocycles. The molecule has 0 amide bonds.